The minimum absolute atomic E-state index is 0.177. The molecule has 2 aromatic rings. The number of aryl methyl sites for hydroxylation is 3. The summed E-state index contributed by atoms with van der Waals surface area (Å²) in [5.74, 6) is 0.177. The molecule has 1 heteroatoms. The monoisotopic (exact) mass is 222 g/mol. The Morgan fingerprint density at radius 1 is 0.765 bits per heavy atom. The molecule has 0 N–H and O–H groups in total. The van der Waals surface area contributed by atoms with Crippen LogP contribution in [0, 0.1) is 20.8 Å². The summed E-state index contributed by atoms with van der Waals surface area (Å²) >= 11 is 0. The van der Waals surface area contributed by atoms with Crippen molar-refractivity contribution in [1.82, 2.24) is 0 Å². The van der Waals surface area contributed by atoms with Crippen molar-refractivity contribution in [2.24, 2.45) is 0 Å². The van der Waals surface area contributed by atoms with Crippen molar-refractivity contribution < 1.29 is 4.79 Å². The highest BCUT2D eigenvalue weighted by Gasteiger charge is 2.28. The van der Waals surface area contributed by atoms with E-state index < -0.39 is 0 Å². The first kappa shape index (κ1) is 10.3. The van der Waals surface area contributed by atoms with Crippen LogP contribution in [-0.4, -0.2) is 5.78 Å². The van der Waals surface area contributed by atoms with Crippen LogP contribution in [0.3, 0.4) is 0 Å². The minimum Gasteiger partial charge on any atom is -0.289 e. The van der Waals surface area contributed by atoms with Crippen molar-refractivity contribution >= 4 is 5.78 Å². The highest BCUT2D eigenvalue weighted by atomic mass is 16.1. The van der Waals surface area contributed by atoms with Gasteiger partial charge in [0.2, 0.25) is 0 Å². The van der Waals surface area contributed by atoms with Gasteiger partial charge in [-0.05, 0) is 43.5 Å². The van der Waals surface area contributed by atoms with Crippen LogP contribution in [0.4, 0.5) is 0 Å². The molecule has 0 spiro atoms. The number of fused-ring (bicyclic) bond motifs is 3. The summed E-state index contributed by atoms with van der Waals surface area (Å²) in [7, 11) is 0. The molecule has 2 aromatic carbocycles. The lowest BCUT2D eigenvalue weighted by molar-refractivity contribution is 0.104. The van der Waals surface area contributed by atoms with E-state index in [1.54, 1.807) is 0 Å². The second-order valence-electron chi connectivity index (χ2n) is 4.88. The third-order valence-corrected chi connectivity index (χ3v) is 3.42. The molecule has 0 saturated heterocycles. The second-order valence-corrected chi connectivity index (χ2v) is 4.88. The molecule has 0 heterocycles. The summed E-state index contributed by atoms with van der Waals surface area (Å²) in [6, 6.07) is 10.3. The highest BCUT2D eigenvalue weighted by molar-refractivity contribution is 6.22. The van der Waals surface area contributed by atoms with Gasteiger partial charge >= 0.3 is 0 Å². The van der Waals surface area contributed by atoms with Gasteiger partial charge in [0.15, 0.2) is 5.78 Å². The second kappa shape index (κ2) is 3.30. The Bertz CT molecular complexity index is 651. The Morgan fingerprint density at radius 3 is 2.24 bits per heavy atom. The van der Waals surface area contributed by atoms with E-state index in [1.165, 1.54) is 5.56 Å². The lowest BCUT2D eigenvalue weighted by Crippen LogP contribution is -1.98. The number of hydrogen-bond acceptors (Lipinski definition) is 1. The lowest BCUT2D eigenvalue weighted by atomic mass is 9.99. The molecule has 0 aromatic heterocycles. The number of carbonyl (C=O) groups is 1. The number of benzene rings is 2. The van der Waals surface area contributed by atoms with Crippen LogP contribution >= 0.6 is 0 Å². The molecule has 17 heavy (non-hydrogen) atoms. The molecule has 3 rings (SSSR count). The van der Waals surface area contributed by atoms with Gasteiger partial charge in [0, 0.05) is 11.1 Å². The van der Waals surface area contributed by atoms with E-state index in [0.29, 0.717) is 0 Å². The van der Waals surface area contributed by atoms with Gasteiger partial charge in [0.05, 0.1) is 0 Å². The van der Waals surface area contributed by atoms with Crippen LogP contribution in [-0.2, 0) is 0 Å². The fraction of sp³-hybridized carbons (Fsp3) is 0.188. The maximum atomic E-state index is 12.4. The van der Waals surface area contributed by atoms with Crippen LogP contribution in [0.5, 0.6) is 0 Å². The maximum Gasteiger partial charge on any atom is 0.194 e. The van der Waals surface area contributed by atoms with Gasteiger partial charge in [-0.25, -0.2) is 0 Å². The van der Waals surface area contributed by atoms with Gasteiger partial charge in [-0.15, -0.1) is 0 Å². The summed E-state index contributed by atoms with van der Waals surface area (Å²) in [6.45, 7) is 6.11. The first-order valence-corrected chi connectivity index (χ1v) is 5.85. The predicted octanol–water partition coefficient (Wildman–Crippen LogP) is 3.82. The average Bonchev–Trinajstić information content (AvgIpc) is 2.52. The van der Waals surface area contributed by atoms with E-state index in [4.69, 9.17) is 0 Å². The molecule has 0 saturated carbocycles. The molecular formula is C16H14O. The largest absolute Gasteiger partial charge is 0.289 e. The Balaban J connectivity index is 2.39. The van der Waals surface area contributed by atoms with Crippen molar-refractivity contribution in [1.29, 1.82) is 0 Å². The van der Waals surface area contributed by atoms with Crippen molar-refractivity contribution in [3.05, 3.63) is 58.1 Å². The quantitative estimate of drug-likeness (QED) is 0.565. The molecule has 0 atom stereocenters. The van der Waals surface area contributed by atoms with Crippen LogP contribution in [0.2, 0.25) is 0 Å². The van der Waals surface area contributed by atoms with E-state index in [0.717, 1.165) is 33.4 Å². The third-order valence-electron chi connectivity index (χ3n) is 3.42. The zero-order chi connectivity index (χ0) is 12.2. The smallest absolute Gasteiger partial charge is 0.194 e. The van der Waals surface area contributed by atoms with E-state index in [2.05, 4.69) is 31.2 Å². The summed E-state index contributed by atoms with van der Waals surface area (Å²) in [5.41, 5.74) is 7.36. The van der Waals surface area contributed by atoms with Gasteiger partial charge in [0.1, 0.15) is 0 Å². The number of ketones is 1. The summed E-state index contributed by atoms with van der Waals surface area (Å²) < 4.78 is 0. The molecule has 1 aliphatic rings. The van der Waals surface area contributed by atoms with Gasteiger partial charge in [-0.1, -0.05) is 35.4 Å². The molecular weight excluding hydrogens is 208 g/mol. The number of hydrogen-bond donors (Lipinski definition) is 0. The van der Waals surface area contributed by atoms with Gasteiger partial charge in [-0.2, -0.15) is 0 Å². The topological polar surface area (TPSA) is 17.1 Å². The van der Waals surface area contributed by atoms with E-state index in [1.807, 2.05) is 19.9 Å². The molecule has 0 radical (unpaired) electrons. The first-order valence-electron chi connectivity index (χ1n) is 5.85. The van der Waals surface area contributed by atoms with Crippen LogP contribution in [0.1, 0.15) is 32.6 Å². The summed E-state index contributed by atoms with van der Waals surface area (Å²) in [6.07, 6.45) is 0. The molecule has 0 unspecified atom stereocenters. The van der Waals surface area contributed by atoms with Crippen LogP contribution < -0.4 is 0 Å². The first-order chi connectivity index (χ1) is 8.08. The van der Waals surface area contributed by atoms with Crippen molar-refractivity contribution in [2.75, 3.05) is 0 Å². The minimum atomic E-state index is 0.177. The van der Waals surface area contributed by atoms with Crippen molar-refractivity contribution in [3.8, 4) is 11.1 Å². The molecule has 0 bridgehead atoms. The van der Waals surface area contributed by atoms with E-state index >= 15 is 0 Å². The van der Waals surface area contributed by atoms with E-state index in [9.17, 15) is 4.79 Å². The molecule has 0 amide bonds. The average molecular weight is 222 g/mol. The maximum absolute atomic E-state index is 12.4. The molecule has 1 aliphatic carbocycles. The normalized spacial score (nSPS) is 12.5. The van der Waals surface area contributed by atoms with Crippen LogP contribution in [0.15, 0.2) is 30.3 Å². The zero-order valence-corrected chi connectivity index (χ0v) is 10.3. The fourth-order valence-electron chi connectivity index (χ4n) is 2.70. The molecule has 1 nitrogen and oxygen atoms in total. The third kappa shape index (κ3) is 1.35. The lowest BCUT2D eigenvalue weighted by Gasteiger charge is -2.04. The molecule has 0 aliphatic heterocycles. The standard InChI is InChI=1S/C16H14O/c1-9-4-5-12-13-8-10(2)6-11(3)15(13)16(17)14(12)7-9/h4-8H,1-3H3. The molecule has 0 fully saturated rings. The van der Waals surface area contributed by atoms with Crippen molar-refractivity contribution in [2.45, 2.75) is 20.8 Å². The fourth-order valence-corrected chi connectivity index (χ4v) is 2.70. The van der Waals surface area contributed by atoms with Gasteiger partial charge < -0.3 is 0 Å². The predicted molar refractivity (Wildman–Crippen MR) is 69.5 cm³/mol. The van der Waals surface area contributed by atoms with Gasteiger partial charge in [-0.3, -0.25) is 4.79 Å². The van der Waals surface area contributed by atoms with E-state index in [-0.39, 0.29) is 5.78 Å². The number of carbonyl (C=O) groups excluding carboxylic acids is 1. The Morgan fingerprint density at radius 2 is 1.47 bits per heavy atom. The Kier molecular flexibility index (Phi) is 1.99. The summed E-state index contributed by atoms with van der Waals surface area (Å²) in [5, 5.41) is 0. The highest BCUT2D eigenvalue weighted by Crippen LogP contribution is 2.39. The van der Waals surface area contributed by atoms with Crippen LogP contribution in [0.25, 0.3) is 11.1 Å². The van der Waals surface area contributed by atoms with Crippen molar-refractivity contribution in [3.63, 3.8) is 0 Å². The Hall–Kier alpha value is -1.89. The summed E-state index contributed by atoms with van der Waals surface area (Å²) in [4.78, 5) is 12.4. The zero-order valence-electron chi connectivity index (χ0n) is 10.3. The number of rotatable bonds is 0. The Labute approximate surface area is 101 Å². The molecule has 84 valence electrons. The SMILES string of the molecule is Cc1ccc2c(c1)C(=O)c1c(C)cc(C)cc1-2. The van der Waals surface area contributed by atoms with Gasteiger partial charge in [0.25, 0.3) is 0 Å².